The zero-order chi connectivity index (χ0) is 18.1. The molecule has 25 heavy (non-hydrogen) atoms. The molecule has 0 radical (unpaired) electrons. The Balaban J connectivity index is 2.05. The first-order chi connectivity index (χ1) is 12.2. The molecule has 0 bridgehead atoms. The summed E-state index contributed by atoms with van der Waals surface area (Å²) < 4.78 is 5.19. The van der Waals surface area contributed by atoms with Crippen LogP contribution in [0.1, 0.15) is 53.9 Å². The minimum absolute atomic E-state index is 0.118. The molecule has 0 saturated carbocycles. The molecule has 1 aromatic heterocycles. The number of esters is 1. The molecule has 2 rings (SSSR count). The van der Waals surface area contributed by atoms with E-state index in [2.05, 4.69) is 29.7 Å². The van der Waals surface area contributed by atoms with E-state index in [4.69, 9.17) is 4.74 Å². The van der Waals surface area contributed by atoms with E-state index in [-0.39, 0.29) is 11.9 Å². The molecule has 0 atom stereocenters. The van der Waals surface area contributed by atoms with Gasteiger partial charge in [-0.05, 0) is 38.3 Å². The summed E-state index contributed by atoms with van der Waals surface area (Å²) in [5.74, 6) is -0.467. The van der Waals surface area contributed by atoms with E-state index in [1.165, 1.54) is 11.3 Å². The van der Waals surface area contributed by atoms with Crippen molar-refractivity contribution in [2.75, 3.05) is 18.5 Å². The number of anilines is 1. The van der Waals surface area contributed by atoms with Crippen LogP contribution in [0.15, 0.2) is 24.3 Å². The van der Waals surface area contributed by atoms with Crippen molar-refractivity contribution in [3.05, 3.63) is 40.3 Å². The van der Waals surface area contributed by atoms with Crippen LogP contribution < -0.4 is 10.6 Å². The molecule has 1 aromatic rings. The average molecular weight is 362 g/mol. The number of nitrogens with one attached hydrogen (secondary N) is 2. The molecular weight excluding hydrogens is 336 g/mol. The maximum absolute atomic E-state index is 12.3. The van der Waals surface area contributed by atoms with Crippen LogP contribution in [-0.2, 0) is 22.5 Å². The highest BCUT2D eigenvalue weighted by molar-refractivity contribution is 7.17. The van der Waals surface area contributed by atoms with Gasteiger partial charge in [0.1, 0.15) is 5.00 Å². The van der Waals surface area contributed by atoms with Crippen LogP contribution in [0, 0.1) is 0 Å². The quantitative estimate of drug-likeness (QED) is 0.545. The highest BCUT2D eigenvalue weighted by atomic mass is 32.1. The van der Waals surface area contributed by atoms with Crippen LogP contribution in [0.3, 0.4) is 0 Å². The van der Waals surface area contributed by atoms with Gasteiger partial charge in [0, 0.05) is 17.8 Å². The molecule has 1 amide bonds. The van der Waals surface area contributed by atoms with Gasteiger partial charge in [0.05, 0.1) is 12.2 Å². The molecule has 0 aliphatic carbocycles. The Labute approximate surface area is 153 Å². The van der Waals surface area contributed by atoms with Crippen molar-refractivity contribution in [3.8, 4) is 0 Å². The van der Waals surface area contributed by atoms with Crippen LogP contribution in [0.5, 0.6) is 0 Å². The number of fused-ring (bicyclic) bond motifs is 1. The van der Waals surface area contributed by atoms with E-state index in [1.54, 1.807) is 6.92 Å². The standard InChI is InChI=1S/C19H26N2O3S/c1-3-5-6-7-8-9-10-16(22)21-18-17(19(23)24-4-2)14-11-12-20-13-15(14)25-18/h5-6,8-9,20H,3-4,7,10-13H2,1-2H3,(H,21,22)/b6-5-,9-8-. The van der Waals surface area contributed by atoms with Crippen molar-refractivity contribution in [3.63, 3.8) is 0 Å². The molecule has 0 unspecified atom stereocenters. The van der Waals surface area contributed by atoms with Crippen LogP contribution in [-0.4, -0.2) is 25.0 Å². The predicted molar refractivity (Wildman–Crippen MR) is 102 cm³/mol. The van der Waals surface area contributed by atoms with Crippen LogP contribution in [0.2, 0.25) is 0 Å². The molecule has 0 saturated heterocycles. The molecule has 2 heterocycles. The number of allylic oxidation sites excluding steroid dienone is 3. The number of carbonyl (C=O) groups excluding carboxylic acids is 2. The largest absolute Gasteiger partial charge is 0.462 e. The Morgan fingerprint density at radius 2 is 2.04 bits per heavy atom. The third kappa shape index (κ3) is 5.54. The van der Waals surface area contributed by atoms with Crippen LogP contribution >= 0.6 is 11.3 Å². The van der Waals surface area contributed by atoms with Crippen molar-refractivity contribution in [2.45, 2.75) is 46.1 Å². The first kappa shape index (κ1) is 19.4. The van der Waals surface area contributed by atoms with Gasteiger partial charge in [-0.1, -0.05) is 31.2 Å². The summed E-state index contributed by atoms with van der Waals surface area (Å²) in [7, 11) is 0. The highest BCUT2D eigenvalue weighted by Gasteiger charge is 2.26. The molecule has 6 heteroatoms. The molecule has 1 aliphatic heterocycles. The fourth-order valence-corrected chi connectivity index (χ4v) is 3.87. The molecule has 0 aromatic carbocycles. The Hall–Kier alpha value is -1.92. The number of carbonyl (C=O) groups is 2. The minimum Gasteiger partial charge on any atom is -0.462 e. The lowest BCUT2D eigenvalue weighted by Crippen LogP contribution is -2.23. The first-order valence-corrected chi connectivity index (χ1v) is 9.61. The van der Waals surface area contributed by atoms with Crippen molar-refractivity contribution in [2.24, 2.45) is 0 Å². The Bertz CT molecular complexity index is 662. The molecule has 5 nitrogen and oxygen atoms in total. The number of hydrogen-bond donors (Lipinski definition) is 2. The summed E-state index contributed by atoms with van der Waals surface area (Å²) in [5, 5.41) is 6.79. The Morgan fingerprint density at radius 1 is 1.24 bits per heavy atom. The summed E-state index contributed by atoms with van der Waals surface area (Å²) in [6.07, 6.45) is 10.9. The van der Waals surface area contributed by atoms with Crippen molar-refractivity contribution < 1.29 is 14.3 Å². The van der Waals surface area contributed by atoms with Crippen molar-refractivity contribution in [1.29, 1.82) is 0 Å². The van der Waals surface area contributed by atoms with Gasteiger partial charge in [-0.15, -0.1) is 11.3 Å². The minimum atomic E-state index is -0.350. The van der Waals surface area contributed by atoms with Gasteiger partial charge in [0.25, 0.3) is 0 Å². The van der Waals surface area contributed by atoms with Gasteiger partial charge in [-0.25, -0.2) is 4.79 Å². The van der Waals surface area contributed by atoms with E-state index in [0.717, 1.165) is 42.8 Å². The number of ether oxygens (including phenoxy) is 1. The average Bonchev–Trinajstić information content (AvgIpc) is 2.96. The van der Waals surface area contributed by atoms with E-state index in [1.807, 2.05) is 12.2 Å². The fraction of sp³-hybridized carbons (Fsp3) is 0.474. The number of amides is 1. The van der Waals surface area contributed by atoms with Gasteiger partial charge in [-0.2, -0.15) is 0 Å². The van der Waals surface area contributed by atoms with Gasteiger partial charge in [0.15, 0.2) is 0 Å². The second kappa shape index (κ2) is 10.2. The molecule has 136 valence electrons. The van der Waals surface area contributed by atoms with Crippen molar-refractivity contribution >= 4 is 28.2 Å². The number of rotatable bonds is 8. The van der Waals surface area contributed by atoms with E-state index >= 15 is 0 Å². The lowest BCUT2D eigenvalue weighted by Gasteiger charge is -2.13. The van der Waals surface area contributed by atoms with Gasteiger partial charge >= 0.3 is 5.97 Å². The van der Waals surface area contributed by atoms with Crippen LogP contribution in [0.4, 0.5) is 5.00 Å². The normalized spacial score (nSPS) is 14.0. The zero-order valence-corrected chi connectivity index (χ0v) is 15.7. The summed E-state index contributed by atoms with van der Waals surface area (Å²) in [5.41, 5.74) is 1.55. The summed E-state index contributed by atoms with van der Waals surface area (Å²) in [6.45, 7) is 5.76. The Morgan fingerprint density at radius 3 is 2.80 bits per heavy atom. The molecule has 0 spiro atoms. The third-order valence-corrected chi connectivity index (χ3v) is 4.95. The second-order valence-corrected chi connectivity index (χ2v) is 6.80. The van der Waals surface area contributed by atoms with E-state index in [9.17, 15) is 9.59 Å². The monoisotopic (exact) mass is 362 g/mol. The fourth-order valence-electron chi connectivity index (χ4n) is 2.65. The summed E-state index contributed by atoms with van der Waals surface area (Å²) in [4.78, 5) is 25.6. The molecular formula is C19H26N2O3S. The van der Waals surface area contributed by atoms with E-state index < -0.39 is 0 Å². The summed E-state index contributed by atoms with van der Waals surface area (Å²) in [6, 6.07) is 0. The first-order valence-electron chi connectivity index (χ1n) is 8.79. The van der Waals surface area contributed by atoms with Gasteiger partial charge < -0.3 is 15.4 Å². The maximum Gasteiger partial charge on any atom is 0.341 e. The van der Waals surface area contributed by atoms with Gasteiger partial charge in [-0.3, -0.25) is 4.79 Å². The maximum atomic E-state index is 12.3. The second-order valence-electron chi connectivity index (χ2n) is 5.69. The van der Waals surface area contributed by atoms with Crippen LogP contribution in [0.25, 0.3) is 0 Å². The number of hydrogen-bond acceptors (Lipinski definition) is 5. The highest BCUT2D eigenvalue weighted by Crippen LogP contribution is 2.36. The van der Waals surface area contributed by atoms with E-state index in [0.29, 0.717) is 23.6 Å². The summed E-state index contributed by atoms with van der Waals surface area (Å²) >= 11 is 1.46. The predicted octanol–water partition coefficient (Wildman–Crippen LogP) is 3.81. The Kier molecular flexibility index (Phi) is 7.88. The molecule has 2 N–H and O–H groups in total. The lowest BCUT2D eigenvalue weighted by molar-refractivity contribution is -0.115. The SMILES string of the molecule is CC/C=C\C/C=C\CC(=O)Nc1sc2c(c1C(=O)OCC)CCNC2. The smallest absolute Gasteiger partial charge is 0.341 e. The van der Waals surface area contributed by atoms with Gasteiger partial charge in [0.2, 0.25) is 5.91 Å². The zero-order valence-electron chi connectivity index (χ0n) is 14.9. The topological polar surface area (TPSA) is 67.4 Å². The lowest BCUT2D eigenvalue weighted by atomic mass is 10.0. The van der Waals surface area contributed by atoms with Crippen molar-refractivity contribution in [1.82, 2.24) is 5.32 Å². The molecule has 0 fully saturated rings. The number of thiophene rings is 1. The molecule has 1 aliphatic rings. The third-order valence-electron chi connectivity index (χ3n) is 3.80.